The molecule has 3 nitrogen and oxygen atoms in total. The first-order chi connectivity index (χ1) is 5.65. The van der Waals surface area contributed by atoms with Crippen molar-refractivity contribution in [3.63, 3.8) is 0 Å². The van der Waals surface area contributed by atoms with Gasteiger partial charge < -0.3 is 0 Å². The van der Waals surface area contributed by atoms with Crippen molar-refractivity contribution in [3.8, 4) is 0 Å². The van der Waals surface area contributed by atoms with Gasteiger partial charge in [-0.05, 0) is 6.07 Å². The highest BCUT2D eigenvalue weighted by molar-refractivity contribution is 9.09. The molecule has 0 amide bonds. The molecule has 1 aromatic heterocycles. The Bertz CT molecular complexity index is 287. The van der Waals surface area contributed by atoms with Crippen LogP contribution >= 0.6 is 27.3 Å². The Morgan fingerprint density at radius 1 is 1.75 bits per heavy atom. The Morgan fingerprint density at radius 3 is 2.83 bits per heavy atom. The van der Waals surface area contributed by atoms with Crippen LogP contribution < -0.4 is 0 Å². The number of rotatable bonds is 3. The lowest BCUT2D eigenvalue weighted by molar-refractivity contribution is -0.380. The fraction of sp³-hybridized carbons (Fsp3) is 0.429. The molecule has 0 fully saturated rings. The Balaban J connectivity index is 2.84. The maximum Gasteiger partial charge on any atom is 0.324 e. The summed E-state index contributed by atoms with van der Waals surface area (Å²) in [5.74, 6) is 0.351. The van der Waals surface area contributed by atoms with Gasteiger partial charge >= 0.3 is 5.00 Å². The summed E-state index contributed by atoms with van der Waals surface area (Å²) in [6.45, 7) is 2.03. The van der Waals surface area contributed by atoms with Gasteiger partial charge in [-0.2, -0.15) is 0 Å². The molecule has 0 saturated carbocycles. The van der Waals surface area contributed by atoms with Gasteiger partial charge in [0.25, 0.3) is 0 Å². The maximum absolute atomic E-state index is 10.3. The van der Waals surface area contributed by atoms with Gasteiger partial charge in [0.15, 0.2) is 0 Å². The van der Waals surface area contributed by atoms with Crippen LogP contribution in [-0.4, -0.2) is 10.3 Å². The van der Waals surface area contributed by atoms with E-state index in [0.29, 0.717) is 5.92 Å². The predicted octanol–water partition coefficient (Wildman–Crippen LogP) is 3.15. The van der Waals surface area contributed by atoms with Crippen LogP contribution in [0.1, 0.15) is 17.7 Å². The first kappa shape index (κ1) is 9.67. The minimum absolute atomic E-state index is 0.220. The van der Waals surface area contributed by atoms with Crippen LogP contribution in [0.15, 0.2) is 12.1 Å². The van der Waals surface area contributed by atoms with Crippen molar-refractivity contribution < 1.29 is 4.92 Å². The second kappa shape index (κ2) is 4.00. The molecular formula is C7H8BrNO2S. The van der Waals surface area contributed by atoms with E-state index in [9.17, 15) is 10.1 Å². The fourth-order valence-electron chi connectivity index (χ4n) is 0.781. The first-order valence-corrected chi connectivity index (χ1v) is 5.39. The van der Waals surface area contributed by atoms with E-state index in [2.05, 4.69) is 15.9 Å². The van der Waals surface area contributed by atoms with Crippen LogP contribution in [-0.2, 0) is 0 Å². The molecule has 5 heteroatoms. The van der Waals surface area contributed by atoms with E-state index < -0.39 is 0 Å². The van der Waals surface area contributed by atoms with E-state index in [1.54, 1.807) is 6.07 Å². The molecule has 0 N–H and O–H groups in total. The second-order valence-electron chi connectivity index (χ2n) is 2.49. The molecular weight excluding hydrogens is 242 g/mol. The van der Waals surface area contributed by atoms with Crippen LogP contribution in [0.2, 0.25) is 0 Å². The van der Waals surface area contributed by atoms with Gasteiger partial charge in [-0.3, -0.25) is 10.1 Å². The van der Waals surface area contributed by atoms with Crippen LogP contribution in [0.4, 0.5) is 5.00 Å². The maximum atomic E-state index is 10.3. The number of nitrogens with zero attached hydrogens (tertiary/aromatic N) is 1. The fourth-order valence-corrected chi connectivity index (χ4v) is 2.22. The normalized spacial score (nSPS) is 12.8. The molecule has 1 unspecified atom stereocenters. The summed E-state index contributed by atoms with van der Waals surface area (Å²) >= 11 is 4.58. The quantitative estimate of drug-likeness (QED) is 0.469. The molecule has 0 aliphatic rings. The number of hydrogen-bond acceptors (Lipinski definition) is 3. The predicted molar refractivity (Wildman–Crippen MR) is 53.2 cm³/mol. The molecule has 0 aromatic carbocycles. The lowest BCUT2D eigenvalue weighted by Crippen LogP contribution is -1.88. The van der Waals surface area contributed by atoms with Gasteiger partial charge in [-0.1, -0.05) is 34.2 Å². The third kappa shape index (κ3) is 2.04. The number of alkyl halides is 1. The van der Waals surface area contributed by atoms with Gasteiger partial charge in [0, 0.05) is 22.2 Å². The lowest BCUT2D eigenvalue weighted by Gasteiger charge is -2.00. The van der Waals surface area contributed by atoms with Crippen LogP contribution in [0.3, 0.4) is 0 Å². The highest BCUT2D eigenvalue weighted by Crippen LogP contribution is 2.30. The molecule has 0 bridgehead atoms. The van der Waals surface area contributed by atoms with Gasteiger partial charge in [-0.25, -0.2) is 0 Å². The second-order valence-corrected chi connectivity index (χ2v) is 4.23. The Labute approximate surface area is 82.7 Å². The average molecular weight is 250 g/mol. The van der Waals surface area contributed by atoms with E-state index >= 15 is 0 Å². The van der Waals surface area contributed by atoms with E-state index in [-0.39, 0.29) is 9.92 Å². The van der Waals surface area contributed by atoms with Crippen LogP contribution in [0.5, 0.6) is 0 Å². The molecule has 0 saturated heterocycles. The highest BCUT2D eigenvalue weighted by atomic mass is 79.9. The molecule has 0 aliphatic heterocycles. The monoisotopic (exact) mass is 249 g/mol. The molecule has 66 valence electrons. The summed E-state index contributed by atoms with van der Waals surface area (Å²) in [4.78, 5) is 11.0. The number of halogens is 1. The Hall–Kier alpha value is -0.420. The summed E-state index contributed by atoms with van der Waals surface area (Å²) in [5.41, 5.74) is 0. The Morgan fingerprint density at radius 2 is 2.42 bits per heavy atom. The van der Waals surface area contributed by atoms with Crippen molar-refractivity contribution in [2.24, 2.45) is 0 Å². The van der Waals surface area contributed by atoms with Gasteiger partial charge in [-0.15, -0.1) is 0 Å². The van der Waals surface area contributed by atoms with Gasteiger partial charge in [0.1, 0.15) is 0 Å². The standard InChI is InChI=1S/C7H8BrNO2S/c1-5(4-8)6-2-3-7(12-6)9(10)11/h2-3,5H,4H2,1H3. The molecule has 0 aliphatic carbocycles. The van der Waals surface area contributed by atoms with Gasteiger partial charge in [0.2, 0.25) is 0 Å². The third-order valence-corrected chi connectivity index (χ3v) is 3.75. The highest BCUT2D eigenvalue weighted by Gasteiger charge is 2.13. The molecule has 0 radical (unpaired) electrons. The van der Waals surface area contributed by atoms with Crippen LogP contribution in [0.25, 0.3) is 0 Å². The molecule has 1 rings (SSSR count). The minimum atomic E-state index is -0.352. The summed E-state index contributed by atoms with van der Waals surface area (Å²) in [5, 5.41) is 11.4. The summed E-state index contributed by atoms with van der Waals surface area (Å²) in [6.07, 6.45) is 0. The zero-order chi connectivity index (χ0) is 9.14. The zero-order valence-corrected chi connectivity index (χ0v) is 8.89. The number of thiophene rings is 1. The largest absolute Gasteiger partial charge is 0.324 e. The van der Waals surface area contributed by atoms with Crippen molar-refractivity contribution >= 4 is 32.3 Å². The van der Waals surface area contributed by atoms with Crippen LogP contribution in [0, 0.1) is 10.1 Å². The van der Waals surface area contributed by atoms with Crippen molar-refractivity contribution in [3.05, 3.63) is 27.1 Å². The van der Waals surface area contributed by atoms with E-state index in [4.69, 9.17) is 0 Å². The Kier molecular flexibility index (Phi) is 3.22. The molecule has 1 atom stereocenters. The summed E-state index contributed by atoms with van der Waals surface area (Å²) in [7, 11) is 0. The van der Waals surface area contributed by atoms with Gasteiger partial charge in [0.05, 0.1) is 4.92 Å². The van der Waals surface area contributed by atoms with Crippen molar-refractivity contribution in [1.82, 2.24) is 0 Å². The van der Waals surface area contributed by atoms with E-state index in [1.165, 1.54) is 11.3 Å². The molecule has 12 heavy (non-hydrogen) atoms. The lowest BCUT2D eigenvalue weighted by atomic mass is 10.2. The number of hydrogen-bond donors (Lipinski definition) is 0. The molecule has 1 aromatic rings. The van der Waals surface area contributed by atoms with E-state index in [0.717, 1.165) is 10.2 Å². The number of nitro groups is 1. The van der Waals surface area contributed by atoms with Crippen molar-refractivity contribution in [2.75, 3.05) is 5.33 Å². The minimum Gasteiger partial charge on any atom is -0.258 e. The molecule has 1 heterocycles. The average Bonchev–Trinajstić information content (AvgIpc) is 2.51. The smallest absolute Gasteiger partial charge is 0.258 e. The van der Waals surface area contributed by atoms with Crippen molar-refractivity contribution in [2.45, 2.75) is 12.8 Å². The summed E-state index contributed by atoms with van der Waals surface area (Å²) < 4.78 is 0. The first-order valence-electron chi connectivity index (χ1n) is 3.45. The topological polar surface area (TPSA) is 43.1 Å². The zero-order valence-electron chi connectivity index (χ0n) is 6.49. The third-order valence-electron chi connectivity index (χ3n) is 1.51. The molecule has 0 spiro atoms. The van der Waals surface area contributed by atoms with E-state index in [1.807, 2.05) is 13.0 Å². The summed E-state index contributed by atoms with van der Waals surface area (Å²) in [6, 6.07) is 3.37. The van der Waals surface area contributed by atoms with Crippen molar-refractivity contribution in [1.29, 1.82) is 0 Å². The SMILES string of the molecule is CC(CBr)c1ccc([N+](=O)[O-])s1.